The number of amides is 1. The Morgan fingerprint density at radius 2 is 2.41 bits per heavy atom. The van der Waals surface area contributed by atoms with E-state index in [2.05, 4.69) is 15.2 Å². The van der Waals surface area contributed by atoms with Crippen LogP contribution in [0, 0.1) is 6.92 Å². The van der Waals surface area contributed by atoms with Crippen molar-refractivity contribution in [3.8, 4) is 0 Å². The van der Waals surface area contributed by atoms with Gasteiger partial charge in [0.15, 0.2) is 0 Å². The van der Waals surface area contributed by atoms with Gasteiger partial charge < -0.3 is 16.0 Å². The van der Waals surface area contributed by atoms with E-state index in [4.69, 9.17) is 5.73 Å². The standard InChI is InChI=1S/C12H18N4O/c1-8-6-9(13)7-15-11(8)16-5-3-4-10(16)12(17)14-2/h6-7,10H,3-5,13H2,1-2H3,(H,14,17). The van der Waals surface area contributed by atoms with Crippen LogP contribution in [0.3, 0.4) is 0 Å². The lowest BCUT2D eigenvalue weighted by Gasteiger charge is -2.25. The molecule has 1 unspecified atom stereocenters. The van der Waals surface area contributed by atoms with Crippen molar-refractivity contribution in [2.24, 2.45) is 0 Å². The van der Waals surface area contributed by atoms with E-state index in [1.165, 1.54) is 0 Å². The quantitative estimate of drug-likeness (QED) is 0.789. The summed E-state index contributed by atoms with van der Waals surface area (Å²) in [6.07, 6.45) is 3.54. The Bertz CT molecular complexity index is 433. The molecule has 0 bridgehead atoms. The molecule has 5 heteroatoms. The van der Waals surface area contributed by atoms with E-state index in [0.717, 1.165) is 30.8 Å². The molecule has 0 saturated carbocycles. The number of likely N-dealkylation sites (N-methyl/N-ethyl adjacent to an activating group) is 1. The van der Waals surface area contributed by atoms with Gasteiger partial charge in [-0.1, -0.05) is 0 Å². The summed E-state index contributed by atoms with van der Waals surface area (Å²) in [6, 6.07) is 1.79. The number of aryl methyl sites for hydroxylation is 1. The molecule has 1 aliphatic rings. The molecule has 3 N–H and O–H groups in total. The lowest BCUT2D eigenvalue weighted by Crippen LogP contribution is -2.42. The third kappa shape index (κ3) is 2.18. The molecular weight excluding hydrogens is 216 g/mol. The average molecular weight is 234 g/mol. The molecule has 2 rings (SSSR count). The number of nitrogens with one attached hydrogen (secondary N) is 1. The average Bonchev–Trinajstić information content (AvgIpc) is 2.77. The van der Waals surface area contributed by atoms with Gasteiger partial charge in [0, 0.05) is 13.6 Å². The topological polar surface area (TPSA) is 71.2 Å². The van der Waals surface area contributed by atoms with Crippen LogP contribution in [0.2, 0.25) is 0 Å². The third-order valence-corrected chi connectivity index (χ3v) is 3.15. The molecule has 1 amide bonds. The molecule has 17 heavy (non-hydrogen) atoms. The summed E-state index contributed by atoms with van der Waals surface area (Å²) in [5.74, 6) is 0.922. The summed E-state index contributed by atoms with van der Waals surface area (Å²) < 4.78 is 0. The highest BCUT2D eigenvalue weighted by atomic mass is 16.2. The molecule has 1 saturated heterocycles. The number of anilines is 2. The van der Waals surface area contributed by atoms with Crippen LogP contribution in [0.25, 0.3) is 0 Å². The van der Waals surface area contributed by atoms with Crippen molar-refractivity contribution >= 4 is 17.4 Å². The van der Waals surface area contributed by atoms with Gasteiger partial charge in [-0.05, 0) is 31.4 Å². The summed E-state index contributed by atoms with van der Waals surface area (Å²) in [5.41, 5.74) is 7.36. The van der Waals surface area contributed by atoms with Crippen LogP contribution in [0.15, 0.2) is 12.3 Å². The Kier molecular flexibility index (Phi) is 3.17. The maximum atomic E-state index is 11.8. The molecule has 92 valence electrons. The van der Waals surface area contributed by atoms with Crippen LogP contribution >= 0.6 is 0 Å². The van der Waals surface area contributed by atoms with Gasteiger partial charge in [-0.3, -0.25) is 4.79 Å². The lowest BCUT2D eigenvalue weighted by atomic mass is 10.2. The smallest absolute Gasteiger partial charge is 0.242 e. The normalized spacial score (nSPS) is 19.4. The van der Waals surface area contributed by atoms with Crippen molar-refractivity contribution in [3.05, 3.63) is 17.8 Å². The van der Waals surface area contributed by atoms with Crippen LogP contribution in [-0.2, 0) is 4.79 Å². The van der Waals surface area contributed by atoms with E-state index in [1.54, 1.807) is 13.2 Å². The summed E-state index contributed by atoms with van der Waals surface area (Å²) in [7, 11) is 1.67. The van der Waals surface area contributed by atoms with Crippen molar-refractivity contribution in [2.45, 2.75) is 25.8 Å². The van der Waals surface area contributed by atoms with Gasteiger partial charge in [0.1, 0.15) is 11.9 Å². The maximum Gasteiger partial charge on any atom is 0.242 e. The van der Waals surface area contributed by atoms with Crippen molar-refractivity contribution in [3.63, 3.8) is 0 Å². The van der Waals surface area contributed by atoms with Crippen molar-refractivity contribution in [1.82, 2.24) is 10.3 Å². The Morgan fingerprint density at radius 3 is 3.06 bits per heavy atom. The highest BCUT2D eigenvalue weighted by Gasteiger charge is 2.31. The first-order valence-corrected chi connectivity index (χ1v) is 5.84. The predicted molar refractivity (Wildman–Crippen MR) is 67.8 cm³/mol. The molecule has 5 nitrogen and oxygen atoms in total. The molecule has 1 atom stereocenters. The number of carbonyl (C=O) groups is 1. The number of nitrogens with zero attached hydrogens (tertiary/aromatic N) is 2. The first-order chi connectivity index (χ1) is 8.13. The number of rotatable bonds is 2. The molecular formula is C12H18N4O. The Morgan fingerprint density at radius 1 is 1.65 bits per heavy atom. The lowest BCUT2D eigenvalue weighted by molar-refractivity contribution is -0.121. The van der Waals surface area contributed by atoms with Crippen molar-refractivity contribution in [2.75, 3.05) is 24.2 Å². The molecule has 0 radical (unpaired) electrons. The minimum absolute atomic E-state index is 0.0560. The predicted octanol–water partition coefficient (Wildman–Crippen LogP) is 0.687. The Hall–Kier alpha value is -1.78. The minimum Gasteiger partial charge on any atom is -0.397 e. The van der Waals surface area contributed by atoms with Gasteiger partial charge >= 0.3 is 0 Å². The second-order valence-electron chi connectivity index (χ2n) is 4.37. The Balaban J connectivity index is 2.29. The van der Waals surface area contributed by atoms with E-state index >= 15 is 0 Å². The molecule has 0 aromatic carbocycles. The number of pyridine rings is 1. The first-order valence-electron chi connectivity index (χ1n) is 5.84. The largest absolute Gasteiger partial charge is 0.397 e. The van der Waals surface area contributed by atoms with Gasteiger partial charge in [0.05, 0.1) is 11.9 Å². The van der Waals surface area contributed by atoms with E-state index in [9.17, 15) is 4.79 Å². The van der Waals surface area contributed by atoms with Crippen molar-refractivity contribution in [1.29, 1.82) is 0 Å². The Labute approximate surface area is 101 Å². The number of nitrogens with two attached hydrogens (primary N) is 1. The maximum absolute atomic E-state index is 11.8. The zero-order valence-electron chi connectivity index (χ0n) is 10.2. The summed E-state index contributed by atoms with van der Waals surface area (Å²) in [5, 5.41) is 2.70. The zero-order valence-corrected chi connectivity index (χ0v) is 10.2. The van der Waals surface area contributed by atoms with E-state index < -0.39 is 0 Å². The first kappa shape index (κ1) is 11.7. The van der Waals surface area contributed by atoms with E-state index in [0.29, 0.717) is 5.69 Å². The van der Waals surface area contributed by atoms with Gasteiger partial charge in [0.2, 0.25) is 5.91 Å². The summed E-state index contributed by atoms with van der Waals surface area (Å²) >= 11 is 0. The number of hydrogen-bond acceptors (Lipinski definition) is 4. The van der Waals surface area contributed by atoms with Gasteiger partial charge in [-0.15, -0.1) is 0 Å². The second-order valence-corrected chi connectivity index (χ2v) is 4.37. The molecule has 0 aliphatic carbocycles. The van der Waals surface area contributed by atoms with Crippen LogP contribution < -0.4 is 16.0 Å². The highest BCUT2D eigenvalue weighted by Crippen LogP contribution is 2.27. The van der Waals surface area contributed by atoms with Crippen molar-refractivity contribution < 1.29 is 4.79 Å². The molecule has 1 aliphatic heterocycles. The van der Waals surface area contributed by atoms with Gasteiger partial charge in [-0.25, -0.2) is 4.98 Å². The number of hydrogen-bond donors (Lipinski definition) is 2. The third-order valence-electron chi connectivity index (χ3n) is 3.15. The molecule has 1 aromatic rings. The number of nitrogen functional groups attached to an aromatic ring is 1. The van der Waals surface area contributed by atoms with E-state index in [-0.39, 0.29) is 11.9 Å². The van der Waals surface area contributed by atoms with E-state index in [1.807, 2.05) is 13.0 Å². The molecule has 1 fully saturated rings. The fourth-order valence-corrected chi connectivity index (χ4v) is 2.35. The van der Waals surface area contributed by atoms with Crippen LogP contribution in [0.5, 0.6) is 0 Å². The summed E-state index contributed by atoms with van der Waals surface area (Å²) in [4.78, 5) is 18.2. The number of aromatic nitrogens is 1. The monoisotopic (exact) mass is 234 g/mol. The second kappa shape index (κ2) is 4.61. The molecule has 1 aromatic heterocycles. The zero-order chi connectivity index (χ0) is 12.4. The number of carbonyl (C=O) groups excluding carboxylic acids is 1. The van der Waals surface area contributed by atoms with Crippen LogP contribution in [0.4, 0.5) is 11.5 Å². The minimum atomic E-state index is -0.102. The van der Waals surface area contributed by atoms with Gasteiger partial charge in [-0.2, -0.15) is 0 Å². The fourth-order valence-electron chi connectivity index (χ4n) is 2.35. The van der Waals surface area contributed by atoms with Gasteiger partial charge in [0.25, 0.3) is 0 Å². The molecule has 2 heterocycles. The van der Waals surface area contributed by atoms with Crippen LogP contribution in [-0.4, -0.2) is 30.5 Å². The fraction of sp³-hybridized carbons (Fsp3) is 0.500. The summed E-state index contributed by atoms with van der Waals surface area (Å²) in [6.45, 7) is 2.84. The molecule has 0 spiro atoms. The SMILES string of the molecule is CNC(=O)C1CCCN1c1ncc(N)cc1C. The highest BCUT2D eigenvalue weighted by molar-refractivity contribution is 5.85. The van der Waals surface area contributed by atoms with Crippen LogP contribution in [0.1, 0.15) is 18.4 Å².